The Morgan fingerprint density at radius 2 is 1.75 bits per heavy atom. The summed E-state index contributed by atoms with van der Waals surface area (Å²) in [7, 11) is 1.18. The number of carbonyl (C=O) groups is 1. The van der Waals surface area contributed by atoms with Crippen molar-refractivity contribution < 1.29 is 44.3 Å². The standard InChI is InChI=1S/C15H10F9N3O/c1-27-5-7(10(26-27)11(17)18)12(28)25-9-3-2-6(16)4-8(9)14(20,21)13(19)15(22,23)24/h2-5,11,13H,1H3,(H,25,28). The van der Waals surface area contributed by atoms with E-state index in [1.165, 1.54) is 7.05 Å². The van der Waals surface area contributed by atoms with Crippen LogP contribution in [0.5, 0.6) is 0 Å². The molecular formula is C15H10F9N3O. The first-order valence-corrected chi connectivity index (χ1v) is 7.26. The van der Waals surface area contributed by atoms with Crippen LogP contribution in [0.4, 0.5) is 45.2 Å². The van der Waals surface area contributed by atoms with Crippen molar-refractivity contribution >= 4 is 11.6 Å². The molecule has 0 fully saturated rings. The van der Waals surface area contributed by atoms with Gasteiger partial charge in [0.25, 0.3) is 18.5 Å². The Labute approximate surface area is 150 Å². The summed E-state index contributed by atoms with van der Waals surface area (Å²) in [5, 5.41) is 4.98. The fourth-order valence-corrected chi connectivity index (χ4v) is 2.27. The first-order valence-electron chi connectivity index (χ1n) is 7.26. The van der Waals surface area contributed by atoms with Gasteiger partial charge in [0.05, 0.1) is 16.8 Å². The summed E-state index contributed by atoms with van der Waals surface area (Å²) < 4.78 is 118. The number of rotatable bonds is 5. The normalized spacial score (nSPS) is 13.7. The summed E-state index contributed by atoms with van der Waals surface area (Å²) in [4.78, 5) is 12.1. The van der Waals surface area contributed by atoms with Gasteiger partial charge in [0.1, 0.15) is 11.5 Å². The van der Waals surface area contributed by atoms with E-state index in [0.29, 0.717) is 12.1 Å². The Morgan fingerprint density at radius 1 is 1.14 bits per heavy atom. The van der Waals surface area contributed by atoms with E-state index in [2.05, 4.69) is 5.10 Å². The van der Waals surface area contributed by atoms with Gasteiger partial charge in [0, 0.05) is 13.2 Å². The predicted molar refractivity (Wildman–Crippen MR) is 77.4 cm³/mol. The molecule has 0 radical (unpaired) electrons. The van der Waals surface area contributed by atoms with Gasteiger partial charge in [-0.2, -0.15) is 27.1 Å². The number of aromatic nitrogens is 2. The van der Waals surface area contributed by atoms with Crippen LogP contribution in [0.2, 0.25) is 0 Å². The van der Waals surface area contributed by atoms with Gasteiger partial charge in [0.2, 0.25) is 0 Å². The van der Waals surface area contributed by atoms with E-state index in [9.17, 15) is 44.3 Å². The quantitative estimate of drug-likeness (QED) is 0.712. The molecule has 28 heavy (non-hydrogen) atoms. The zero-order chi connectivity index (χ0) is 21.4. The molecule has 0 saturated heterocycles. The van der Waals surface area contributed by atoms with Crippen molar-refractivity contribution in [3.05, 3.63) is 47.0 Å². The van der Waals surface area contributed by atoms with E-state index in [4.69, 9.17) is 0 Å². The highest BCUT2D eigenvalue weighted by atomic mass is 19.4. The first-order chi connectivity index (χ1) is 12.7. The number of nitrogens with one attached hydrogen (secondary N) is 1. The Morgan fingerprint density at radius 3 is 2.29 bits per heavy atom. The Balaban J connectivity index is 2.47. The molecule has 1 heterocycles. The molecule has 0 aliphatic carbocycles. The number of nitrogens with zero attached hydrogens (tertiary/aromatic N) is 2. The summed E-state index contributed by atoms with van der Waals surface area (Å²) in [6.07, 6.45) is -13.1. The van der Waals surface area contributed by atoms with Crippen LogP contribution in [0.3, 0.4) is 0 Å². The van der Waals surface area contributed by atoms with Crippen molar-refractivity contribution in [2.75, 3.05) is 5.32 Å². The first kappa shape index (κ1) is 21.6. The van der Waals surface area contributed by atoms with Gasteiger partial charge in [-0.1, -0.05) is 0 Å². The zero-order valence-electron chi connectivity index (χ0n) is 13.7. The fraction of sp³-hybridized carbons (Fsp3) is 0.333. The predicted octanol–water partition coefficient (Wildman–Crippen LogP) is 4.74. The van der Waals surface area contributed by atoms with Crippen molar-refractivity contribution in [1.82, 2.24) is 9.78 Å². The third kappa shape index (κ3) is 4.22. The highest BCUT2D eigenvalue weighted by Gasteiger charge is 2.58. The average molecular weight is 419 g/mol. The minimum absolute atomic E-state index is 0.0921. The largest absolute Gasteiger partial charge is 0.426 e. The van der Waals surface area contributed by atoms with Gasteiger partial charge in [-0.05, 0) is 18.2 Å². The van der Waals surface area contributed by atoms with Crippen molar-refractivity contribution in [2.45, 2.75) is 24.7 Å². The number of hydrogen-bond acceptors (Lipinski definition) is 2. The molecule has 13 heteroatoms. The van der Waals surface area contributed by atoms with E-state index >= 15 is 0 Å². The lowest BCUT2D eigenvalue weighted by Crippen LogP contribution is -2.40. The summed E-state index contributed by atoms with van der Waals surface area (Å²) in [6.45, 7) is 0. The minimum Gasteiger partial charge on any atom is -0.321 e. The number of carbonyl (C=O) groups excluding carboxylic acids is 1. The molecule has 1 aromatic carbocycles. The van der Waals surface area contributed by atoms with Crippen molar-refractivity contribution in [3.8, 4) is 0 Å². The summed E-state index contributed by atoms with van der Waals surface area (Å²) in [5.74, 6) is -8.14. The topological polar surface area (TPSA) is 46.9 Å². The molecule has 4 nitrogen and oxygen atoms in total. The summed E-state index contributed by atoms with van der Waals surface area (Å²) in [5.41, 5.74) is -4.68. The maximum Gasteiger partial charge on any atom is 0.426 e. The molecule has 0 aliphatic heterocycles. The Bertz CT molecular complexity index is 876. The van der Waals surface area contributed by atoms with Gasteiger partial charge in [-0.3, -0.25) is 9.48 Å². The third-order valence-corrected chi connectivity index (χ3v) is 3.50. The Kier molecular flexibility index (Phi) is 5.67. The number of anilines is 1. The number of aryl methyl sites for hydroxylation is 1. The molecule has 1 aromatic heterocycles. The van der Waals surface area contributed by atoms with Crippen molar-refractivity contribution in [3.63, 3.8) is 0 Å². The van der Waals surface area contributed by atoms with E-state index in [-0.39, 0.29) is 6.07 Å². The summed E-state index contributed by atoms with van der Waals surface area (Å²) in [6, 6.07) is 0.872. The van der Waals surface area contributed by atoms with E-state index in [1.807, 2.05) is 0 Å². The molecule has 2 rings (SSSR count). The van der Waals surface area contributed by atoms with E-state index < -0.39 is 58.9 Å². The van der Waals surface area contributed by atoms with Crippen LogP contribution >= 0.6 is 0 Å². The van der Waals surface area contributed by atoms with Crippen LogP contribution in [0.25, 0.3) is 0 Å². The highest BCUT2D eigenvalue weighted by molar-refractivity contribution is 6.05. The van der Waals surface area contributed by atoms with Gasteiger partial charge in [-0.25, -0.2) is 17.6 Å². The molecule has 0 aliphatic rings. The number of alkyl halides is 8. The SMILES string of the molecule is Cn1cc(C(=O)Nc2ccc(F)cc2C(F)(F)C(F)C(F)(F)F)c(C(F)F)n1. The molecule has 1 unspecified atom stereocenters. The van der Waals surface area contributed by atoms with Crippen LogP contribution in [-0.4, -0.2) is 28.0 Å². The molecule has 0 bridgehead atoms. The van der Waals surface area contributed by atoms with Crippen LogP contribution in [0.15, 0.2) is 24.4 Å². The lowest BCUT2D eigenvalue weighted by Gasteiger charge is -2.25. The van der Waals surface area contributed by atoms with Crippen molar-refractivity contribution in [2.24, 2.45) is 7.05 Å². The van der Waals surface area contributed by atoms with Gasteiger partial charge in [0.15, 0.2) is 0 Å². The second kappa shape index (κ2) is 7.36. The second-order valence-electron chi connectivity index (χ2n) is 5.57. The monoisotopic (exact) mass is 419 g/mol. The van der Waals surface area contributed by atoms with Crippen molar-refractivity contribution in [1.29, 1.82) is 0 Å². The summed E-state index contributed by atoms with van der Waals surface area (Å²) >= 11 is 0. The number of amides is 1. The molecule has 0 spiro atoms. The minimum atomic E-state index is -5.98. The van der Waals surface area contributed by atoms with Gasteiger partial charge >= 0.3 is 12.1 Å². The van der Waals surface area contributed by atoms with Gasteiger partial charge in [-0.15, -0.1) is 0 Å². The third-order valence-electron chi connectivity index (χ3n) is 3.50. The molecule has 0 saturated carbocycles. The number of hydrogen-bond donors (Lipinski definition) is 1. The maximum atomic E-state index is 14.0. The van der Waals surface area contributed by atoms with E-state index in [1.54, 1.807) is 5.32 Å². The van der Waals surface area contributed by atoms with Crippen LogP contribution in [0, 0.1) is 5.82 Å². The highest BCUT2D eigenvalue weighted by Crippen LogP contribution is 2.44. The second-order valence-corrected chi connectivity index (χ2v) is 5.57. The van der Waals surface area contributed by atoms with Crippen LogP contribution < -0.4 is 5.32 Å². The van der Waals surface area contributed by atoms with Crippen LogP contribution in [0.1, 0.15) is 28.0 Å². The lowest BCUT2D eigenvalue weighted by molar-refractivity contribution is -0.248. The van der Waals surface area contributed by atoms with Gasteiger partial charge < -0.3 is 5.32 Å². The maximum absolute atomic E-state index is 14.0. The van der Waals surface area contributed by atoms with Crippen LogP contribution in [-0.2, 0) is 13.0 Å². The number of halogens is 9. The molecule has 1 amide bonds. The molecule has 1 N–H and O–H groups in total. The smallest absolute Gasteiger partial charge is 0.321 e. The Hall–Kier alpha value is -2.73. The lowest BCUT2D eigenvalue weighted by atomic mass is 10.0. The molecule has 154 valence electrons. The zero-order valence-corrected chi connectivity index (χ0v) is 13.7. The molecular weight excluding hydrogens is 409 g/mol. The molecule has 1 atom stereocenters. The fourth-order valence-electron chi connectivity index (χ4n) is 2.27. The number of benzene rings is 1. The average Bonchev–Trinajstić information content (AvgIpc) is 2.97. The molecule has 2 aromatic rings. The van der Waals surface area contributed by atoms with E-state index in [0.717, 1.165) is 10.9 Å².